The Hall–Kier alpha value is -2.44. The number of halogens is 2. The number of hydrogen-bond donors (Lipinski definition) is 1. The summed E-state index contributed by atoms with van der Waals surface area (Å²) in [5.41, 5.74) is 2.31. The van der Waals surface area contributed by atoms with Crippen LogP contribution >= 0.6 is 23.2 Å². The van der Waals surface area contributed by atoms with E-state index in [9.17, 15) is 4.79 Å². The second kappa shape index (κ2) is 6.36. The van der Waals surface area contributed by atoms with Gasteiger partial charge in [-0.1, -0.05) is 23.2 Å². The maximum Gasteiger partial charge on any atom is 0.347 e. The van der Waals surface area contributed by atoms with Gasteiger partial charge < -0.3 is 5.32 Å². The molecule has 116 valence electrons. The van der Waals surface area contributed by atoms with Gasteiger partial charge in [0.25, 0.3) is 0 Å². The molecule has 23 heavy (non-hydrogen) atoms. The number of aryl methyl sites for hydroxylation is 1. The van der Waals surface area contributed by atoms with E-state index in [1.54, 1.807) is 36.7 Å². The molecule has 2 aromatic heterocycles. The van der Waals surface area contributed by atoms with Crippen LogP contribution < -0.4 is 5.32 Å². The van der Waals surface area contributed by atoms with Crippen molar-refractivity contribution in [3.8, 4) is 11.4 Å². The van der Waals surface area contributed by atoms with Crippen molar-refractivity contribution >= 4 is 34.9 Å². The molecule has 0 atom stereocenters. The molecule has 0 aliphatic carbocycles. The summed E-state index contributed by atoms with van der Waals surface area (Å²) in [6.45, 7) is 1.81. The smallest absolute Gasteiger partial charge is 0.306 e. The van der Waals surface area contributed by atoms with E-state index in [0.29, 0.717) is 32.8 Å². The van der Waals surface area contributed by atoms with Gasteiger partial charge in [-0.05, 0) is 31.2 Å². The molecule has 0 saturated carbocycles. The molecule has 6 nitrogen and oxygen atoms in total. The number of nitrogens with one attached hydrogen (secondary N) is 1. The molecule has 3 aromatic rings. The summed E-state index contributed by atoms with van der Waals surface area (Å²) in [5, 5.41) is 7.60. The van der Waals surface area contributed by atoms with E-state index >= 15 is 0 Å². The zero-order chi connectivity index (χ0) is 16.4. The fourth-order valence-corrected chi connectivity index (χ4v) is 2.63. The van der Waals surface area contributed by atoms with Crippen LogP contribution in [0.25, 0.3) is 11.4 Å². The van der Waals surface area contributed by atoms with E-state index in [2.05, 4.69) is 20.4 Å². The van der Waals surface area contributed by atoms with Crippen LogP contribution in [0, 0.1) is 6.92 Å². The summed E-state index contributed by atoms with van der Waals surface area (Å²) >= 11 is 11.9. The topological polar surface area (TPSA) is 72.7 Å². The fraction of sp³-hybridized carbons (Fsp3) is 0.0667. The highest BCUT2D eigenvalue weighted by Crippen LogP contribution is 2.23. The second-order valence-corrected chi connectivity index (χ2v) is 5.58. The highest BCUT2D eigenvalue weighted by Gasteiger charge is 2.16. The molecule has 8 heteroatoms. The second-order valence-electron chi connectivity index (χ2n) is 4.71. The predicted octanol–water partition coefficient (Wildman–Crippen LogP) is 4.04. The normalized spacial score (nSPS) is 10.6. The molecule has 0 aliphatic rings. The Labute approximate surface area is 142 Å². The van der Waals surface area contributed by atoms with Crippen LogP contribution in [0.4, 0.5) is 10.5 Å². The summed E-state index contributed by atoms with van der Waals surface area (Å²) in [7, 11) is 0. The molecule has 0 radical (unpaired) electrons. The standard InChI is InChI=1S/C15H11Cl2N5O/c1-9-14(19-5-4-18-9)13-2-3-20-22(13)15(23)21-12-7-10(16)6-11(17)8-12/h2-8H,1H3,(H,21,23). The molecule has 0 saturated heterocycles. The zero-order valence-corrected chi connectivity index (χ0v) is 13.5. The van der Waals surface area contributed by atoms with Crippen molar-refractivity contribution in [3.63, 3.8) is 0 Å². The van der Waals surface area contributed by atoms with Gasteiger partial charge in [-0.2, -0.15) is 9.78 Å². The molecule has 0 aliphatic heterocycles. The average molecular weight is 348 g/mol. The maximum atomic E-state index is 12.5. The van der Waals surface area contributed by atoms with Crippen molar-refractivity contribution in [2.45, 2.75) is 6.92 Å². The maximum absolute atomic E-state index is 12.5. The van der Waals surface area contributed by atoms with Crippen molar-refractivity contribution in [2.75, 3.05) is 5.32 Å². The first-order valence-corrected chi connectivity index (χ1v) is 7.39. The highest BCUT2D eigenvalue weighted by atomic mass is 35.5. The Kier molecular flexibility index (Phi) is 4.27. The lowest BCUT2D eigenvalue weighted by Crippen LogP contribution is -2.21. The summed E-state index contributed by atoms with van der Waals surface area (Å²) in [4.78, 5) is 20.9. The summed E-state index contributed by atoms with van der Waals surface area (Å²) < 4.78 is 1.21. The van der Waals surface area contributed by atoms with E-state index in [1.807, 2.05) is 6.92 Å². The third-order valence-corrected chi connectivity index (χ3v) is 3.51. The highest BCUT2D eigenvalue weighted by molar-refractivity contribution is 6.35. The van der Waals surface area contributed by atoms with E-state index < -0.39 is 6.03 Å². The summed E-state index contributed by atoms with van der Waals surface area (Å²) in [6.07, 6.45) is 4.68. The molecule has 0 bridgehead atoms. The Bertz CT molecular complexity index is 858. The molecule has 1 amide bonds. The first-order chi connectivity index (χ1) is 11.0. The van der Waals surface area contributed by atoms with Gasteiger partial charge in [0, 0.05) is 28.1 Å². The lowest BCUT2D eigenvalue weighted by molar-refractivity contribution is 0.251. The molecule has 0 spiro atoms. The van der Waals surface area contributed by atoms with Crippen LogP contribution in [-0.4, -0.2) is 25.8 Å². The van der Waals surface area contributed by atoms with Gasteiger partial charge in [0.05, 0.1) is 17.6 Å². The van der Waals surface area contributed by atoms with Crippen LogP contribution in [0.1, 0.15) is 5.69 Å². The molecule has 0 fully saturated rings. The van der Waals surface area contributed by atoms with E-state index in [-0.39, 0.29) is 0 Å². The van der Waals surface area contributed by atoms with Gasteiger partial charge in [-0.25, -0.2) is 4.79 Å². The van der Waals surface area contributed by atoms with Gasteiger partial charge in [0.15, 0.2) is 0 Å². The Balaban J connectivity index is 1.93. The summed E-state index contributed by atoms with van der Waals surface area (Å²) in [5.74, 6) is 0. The van der Waals surface area contributed by atoms with Gasteiger partial charge >= 0.3 is 6.03 Å². The average Bonchev–Trinajstić information content (AvgIpc) is 2.96. The van der Waals surface area contributed by atoms with Gasteiger partial charge in [-0.15, -0.1) is 0 Å². The Morgan fingerprint density at radius 2 is 1.78 bits per heavy atom. The third kappa shape index (κ3) is 3.33. The molecular weight excluding hydrogens is 337 g/mol. The van der Waals surface area contributed by atoms with Crippen LogP contribution in [0.2, 0.25) is 10.0 Å². The lowest BCUT2D eigenvalue weighted by atomic mass is 10.2. The van der Waals surface area contributed by atoms with Crippen LogP contribution in [0.3, 0.4) is 0 Å². The van der Waals surface area contributed by atoms with Gasteiger partial charge in [-0.3, -0.25) is 9.97 Å². The number of anilines is 1. The van der Waals surface area contributed by atoms with Crippen molar-refractivity contribution < 1.29 is 4.79 Å². The van der Waals surface area contributed by atoms with Crippen LogP contribution in [0.5, 0.6) is 0 Å². The van der Waals surface area contributed by atoms with Crippen LogP contribution in [0.15, 0.2) is 42.9 Å². The first kappa shape index (κ1) is 15.5. The minimum atomic E-state index is -0.451. The van der Waals surface area contributed by atoms with Crippen molar-refractivity contribution in [1.82, 2.24) is 19.7 Å². The van der Waals surface area contributed by atoms with Crippen molar-refractivity contribution in [2.24, 2.45) is 0 Å². The Morgan fingerprint density at radius 3 is 2.48 bits per heavy atom. The molecule has 2 heterocycles. The van der Waals surface area contributed by atoms with Crippen molar-refractivity contribution in [1.29, 1.82) is 0 Å². The minimum Gasteiger partial charge on any atom is -0.306 e. The Morgan fingerprint density at radius 1 is 1.09 bits per heavy atom. The van der Waals surface area contributed by atoms with Gasteiger partial charge in [0.1, 0.15) is 5.69 Å². The number of benzene rings is 1. The number of hydrogen-bond acceptors (Lipinski definition) is 4. The third-order valence-electron chi connectivity index (χ3n) is 3.07. The largest absolute Gasteiger partial charge is 0.347 e. The van der Waals surface area contributed by atoms with E-state index in [4.69, 9.17) is 23.2 Å². The number of carbonyl (C=O) groups excluding carboxylic acids is 1. The number of aromatic nitrogens is 4. The number of carbonyl (C=O) groups is 1. The SMILES string of the molecule is Cc1nccnc1-c1ccnn1C(=O)Nc1cc(Cl)cc(Cl)c1. The van der Waals surface area contributed by atoms with E-state index in [0.717, 1.165) is 0 Å². The predicted molar refractivity (Wildman–Crippen MR) is 88.9 cm³/mol. The molecule has 1 N–H and O–H groups in total. The molecular formula is C15H11Cl2N5O. The van der Waals surface area contributed by atoms with Gasteiger partial charge in [0.2, 0.25) is 0 Å². The monoisotopic (exact) mass is 347 g/mol. The van der Waals surface area contributed by atoms with Crippen LogP contribution in [-0.2, 0) is 0 Å². The summed E-state index contributed by atoms with van der Waals surface area (Å²) in [6, 6.07) is 6.03. The number of rotatable bonds is 2. The molecule has 1 aromatic carbocycles. The molecule has 3 rings (SSSR count). The minimum absolute atomic E-state index is 0.429. The number of amides is 1. The van der Waals surface area contributed by atoms with Crippen molar-refractivity contribution in [3.05, 3.63) is 58.6 Å². The fourth-order valence-electron chi connectivity index (χ4n) is 2.11. The first-order valence-electron chi connectivity index (χ1n) is 6.64. The van der Waals surface area contributed by atoms with E-state index in [1.165, 1.54) is 10.9 Å². The quantitative estimate of drug-likeness (QED) is 0.759. The zero-order valence-electron chi connectivity index (χ0n) is 12.0. The lowest BCUT2D eigenvalue weighted by Gasteiger charge is -2.09. The molecule has 0 unspecified atom stereocenters. The number of nitrogens with zero attached hydrogens (tertiary/aromatic N) is 4.